The highest BCUT2D eigenvalue weighted by Crippen LogP contribution is 2.27. The van der Waals surface area contributed by atoms with Crippen LogP contribution in [0.1, 0.15) is 5.69 Å². The fraction of sp³-hybridized carbons (Fsp3) is 0.167. The number of aromatic amines is 1. The zero-order valence-electron chi connectivity index (χ0n) is 9.54. The summed E-state index contributed by atoms with van der Waals surface area (Å²) in [7, 11) is 1.55. The van der Waals surface area contributed by atoms with Crippen LogP contribution in [0.4, 0.5) is 0 Å². The number of H-pyrrole nitrogens is 1. The van der Waals surface area contributed by atoms with Gasteiger partial charge in [-0.15, -0.1) is 0 Å². The summed E-state index contributed by atoms with van der Waals surface area (Å²) in [4.78, 5) is 18.5. The monoisotopic (exact) mass is 328 g/mol. The molecule has 0 amide bonds. The van der Waals surface area contributed by atoms with Crippen LogP contribution < -0.4 is 5.56 Å². The Morgan fingerprint density at radius 2 is 2.22 bits per heavy atom. The normalized spacial score (nSPS) is 10.6. The van der Waals surface area contributed by atoms with Crippen LogP contribution in [-0.2, 0) is 11.3 Å². The lowest BCUT2D eigenvalue weighted by atomic mass is 10.2. The topological polar surface area (TPSA) is 55.0 Å². The molecule has 2 rings (SSSR count). The predicted octanol–water partition coefficient (Wildman–Crippen LogP) is 3.00. The van der Waals surface area contributed by atoms with Gasteiger partial charge < -0.3 is 9.72 Å². The summed E-state index contributed by atoms with van der Waals surface area (Å²) < 4.78 is 5.83. The van der Waals surface area contributed by atoms with Crippen LogP contribution in [0.25, 0.3) is 11.4 Å². The van der Waals surface area contributed by atoms with E-state index in [1.165, 1.54) is 6.07 Å². The van der Waals surface area contributed by atoms with Crippen LogP contribution in [0.3, 0.4) is 0 Å². The second-order valence-corrected chi connectivity index (χ2v) is 4.97. The number of rotatable bonds is 3. The minimum atomic E-state index is -0.231. The van der Waals surface area contributed by atoms with Gasteiger partial charge in [-0.05, 0) is 18.2 Å². The van der Waals surface area contributed by atoms with E-state index in [1.807, 2.05) is 6.07 Å². The first-order valence-corrected chi connectivity index (χ1v) is 6.32. The standard InChI is InChI=1S/C12H10BrClN2O2/c1-18-6-8-5-11(17)16-12(15-8)9-3-2-7(13)4-10(9)14/h2-5H,6H2,1H3,(H,15,16,17). The summed E-state index contributed by atoms with van der Waals surface area (Å²) >= 11 is 9.45. The van der Waals surface area contributed by atoms with Crippen LogP contribution >= 0.6 is 27.5 Å². The van der Waals surface area contributed by atoms with Gasteiger partial charge in [-0.3, -0.25) is 4.79 Å². The molecule has 94 valence electrons. The number of nitrogens with zero attached hydrogens (tertiary/aromatic N) is 1. The van der Waals surface area contributed by atoms with Crippen molar-refractivity contribution in [1.29, 1.82) is 0 Å². The lowest BCUT2D eigenvalue weighted by Gasteiger charge is -2.06. The van der Waals surface area contributed by atoms with E-state index >= 15 is 0 Å². The Morgan fingerprint density at radius 3 is 2.89 bits per heavy atom. The van der Waals surface area contributed by atoms with Gasteiger partial charge in [-0.25, -0.2) is 4.98 Å². The van der Waals surface area contributed by atoms with Crippen LogP contribution in [0.5, 0.6) is 0 Å². The third kappa shape index (κ3) is 2.98. The summed E-state index contributed by atoms with van der Waals surface area (Å²) in [6.07, 6.45) is 0. The molecule has 0 atom stereocenters. The molecular weight excluding hydrogens is 320 g/mol. The third-order valence-corrected chi connectivity index (χ3v) is 3.08. The summed E-state index contributed by atoms with van der Waals surface area (Å²) in [5.74, 6) is 0.437. The summed E-state index contributed by atoms with van der Waals surface area (Å²) in [6, 6.07) is 6.78. The van der Waals surface area contributed by atoms with Crippen LogP contribution in [0.15, 0.2) is 33.5 Å². The molecule has 4 nitrogen and oxygen atoms in total. The molecule has 18 heavy (non-hydrogen) atoms. The van der Waals surface area contributed by atoms with Gasteiger partial charge in [-0.2, -0.15) is 0 Å². The first-order chi connectivity index (χ1) is 8.60. The van der Waals surface area contributed by atoms with Crippen molar-refractivity contribution < 1.29 is 4.74 Å². The van der Waals surface area contributed by atoms with E-state index < -0.39 is 0 Å². The van der Waals surface area contributed by atoms with Gasteiger partial charge in [0.1, 0.15) is 5.82 Å². The molecule has 0 saturated carbocycles. The number of nitrogens with one attached hydrogen (secondary N) is 1. The Kier molecular flexibility index (Phi) is 4.16. The van der Waals surface area contributed by atoms with Crippen molar-refractivity contribution >= 4 is 27.5 Å². The predicted molar refractivity (Wildman–Crippen MR) is 73.7 cm³/mol. The fourth-order valence-electron chi connectivity index (χ4n) is 1.54. The van der Waals surface area contributed by atoms with Gasteiger partial charge >= 0.3 is 0 Å². The highest BCUT2D eigenvalue weighted by molar-refractivity contribution is 9.10. The molecule has 1 N–H and O–H groups in total. The minimum Gasteiger partial charge on any atom is -0.378 e. The Labute approximate surface area is 117 Å². The average Bonchev–Trinajstić information content (AvgIpc) is 2.28. The van der Waals surface area contributed by atoms with Crippen molar-refractivity contribution in [3.8, 4) is 11.4 Å². The number of methoxy groups -OCH3 is 1. The molecule has 0 bridgehead atoms. The molecule has 0 fully saturated rings. The van der Waals surface area contributed by atoms with Gasteiger partial charge in [-0.1, -0.05) is 27.5 Å². The van der Waals surface area contributed by atoms with Gasteiger partial charge in [0.25, 0.3) is 5.56 Å². The molecule has 0 aliphatic rings. The highest BCUT2D eigenvalue weighted by atomic mass is 79.9. The molecule has 0 unspecified atom stereocenters. The zero-order valence-corrected chi connectivity index (χ0v) is 11.9. The van der Waals surface area contributed by atoms with Crippen molar-refractivity contribution in [2.75, 3.05) is 7.11 Å². The number of hydrogen-bond acceptors (Lipinski definition) is 3. The van der Waals surface area contributed by atoms with E-state index in [4.69, 9.17) is 16.3 Å². The van der Waals surface area contributed by atoms with Crippen LogP contribution in [0.2, 0.25) is 5.02 Å². The lowest BCUT2D eigenvalue weighted by Crippen LogP contribution is -2.11. The second-order valence-electron chi connectivity index (χ2n) is 3.64. The maximum Gasteiger partial charge on any atom is 0.251 e. The molecule has 2 aromatic rings. The van der Waals surface area contributed by atoms with Gasteiger partial charge in [0, 0.05) is 23.2 Å². The van der Waals surface area contributed by atoms with Crippen molar-refractivity contribution in [2.24, 2.45) is 0 Å². The Bertz CT molecular complexity index is 628. The SMILES string of the molecule is COCc1cc(=O)[nH]c(-c2ccc(Br)cc2Cl)n1. The molecular formula is C12H10BrClN2O2. The molecule has 0 aliphatic carbocycles. The molecule has 0 spiro atoms. The highest BCUT2D eigenvalue weighted by Gasteiger charge is 2.08. The van der Waals surface area contributed by atoms with Gasteiger partial charge in [0.15, 0.2) is 0 Å². The van der Waals surface area contributed by atoms with Crippen molar-refractivity contribution in [2.45, 2.75) is 6.61 Å². The summed E-state index contributed by atoms with van der Waals surface area (Å²) in [5.41, 5.74) is 1.01. The largest absolute Gasteiger partial charge is 0.378 e. The van der Waals surface area contributed by atoms with Crippen molar-refractivity contribution in [3.63, 3.8) is 0 Å². The molecule has 0 aliphatic heterocycles. The Morgan fingerprint density at radius 1 is 1.44 bits per heavy atom. The Hall–Kier alpha value is -1.17. The number of halogens is 2. The van der Waals surface area contributed by atoms with E-state index in [1.54, 1.807) is 19.2 Å². The Balaban J connectivity index is 2.53. The molecule has 0 saturated heterocycles. The smallest absolute Gasteiger partial charge is 0.251 e. The minimum absolute atomic E-state index is 0.231. The molecule has 1 heterocycles. The van der Waals surface area contributed by atoms with Crippen LogP contribution in [-0.4, -0.2) is 17.1 Å². The molecule has 6 heteroatoms. The number of aromatic nitrogens is 2. The molecule has 1 aromatic carbocycles. The van der Waals surface area contributed by atoms with Gasteiger partial charge in [0.05, 0.1) is 17.3 Å². The van der Waals surface area contributed by atoms with Crippen molar-refractivity contribution in [3.05, 3.63) is 49.8 Å². The number of hydrogen-bond donors (Lipinski definition) is 1. The maximum atomic E-state index is 11.5. The first kappa shape index (κ1) is 13.3. The molecule has 0 radical (unpaired) electrons. The van der Waals surface area contributed by atoms with E-state index in [0.717, 1.165) is 4.47 Å². The quantitative estimate of drug-likeness (QED) is 0.942. The summed E-state index contributed by atoms with van der Waals surface area (Å²) in [6.45, 7) is 0.283. The third-order valence-electron chi connectivity index (χ3n) is 2.27. The lowest BCUT2D eigenvalue weighted by molar-refractivity contribution is 0.181. The fourth-order valence-corrected chi connectivity index (χ4v) is 2.30. The van der Waals surface area contributed by atoms with Gasteiger partial charge in [0.2, 0.25) is 0 Å². The van der Waals surface area contributed by atoms with E-state index in [9.17, 15) is 4.79 Å². The summed E-state index contributed by atoms with van der Waals surface area (Å²) in [5, 5.41) is 0.516. The number of ether oxygens (including phenoxy) is 1. The number of benzene rings is 1. The average molecular weight is 330 g/mol. The van der Waals surface area contributed by atoms with E-state index in [2.05, 4.69) is 25.9 Å². The van der Waals surface area contributed by atoms with E-state index in [0.29, 0.717) is 22.1 Å². The second kappa shape index (κ2) is 5.65. The van der Waals surface area contributed by atoms with E-state index in [-0.39, 0.29) is 12.2 Å². The first-order valence-electron chi connectivity index (χ1n) is 5.15. The maximum absolute atomic E-state index is 11.5. The van der Waals surface area contributed by atoms with Crippen LogP contribution in [0, 0.1) is 0 Å². The van der Waals surface area contributed by atoms with Crippen molar-refractivity contribution in [1.82, 2.24) is 9.97 Å². The molecule has 1 aromatic heterocycles. The zero-order chi connectivity index (χ0) is 13.1.